The van der Waals surface area contributed by atoms with Crippen LogP contribution in [0.3, 0.4) is 0 Å². The van der Waals surface area contributed by atoms with E-state index in [1.54, 1.807) is 30.3 Å². The van der Waals surface area contributed by atoms with E-state index in [2.05, 4.69) is 5.32 Å². The number of hydrogen-bond acceptors (Lipinski definition) is 4. The molecule has 0 bridgehead atoms. The maximum absolute atomic E-state index is 11.7. The highest BCUT2D eigenvalue weighted by atomic mass is 35.5. The van der Waals surface area contributed by atoms with Crippen LogP contribution in [-0.2, 0) is 0 Å². The smallest absolute Gasteiger partial charge is 0.246 e. The van der Waals surface area contributed by atoms with Crippen LogP contribution in [0.2, 0.25) is 5.02 Å². The van der Waals surface area contributed by atoms with E-state index in [1.165, 1.54) is 12.3 Å². The van der Waals surface area contributed by atoms with Crippen molar-refractivity contribution in [3.05, 3.63) is 59.0 Å². The minimum atomic E-state index is -1.45. The fraction of sp³-hybridized carbons (Fsp3) is 0.0769. The summed E-state index contributed by atoms with van der Waals surface area (Å²) in [5.74, 6) is -0.514. The molecule has 0 amide bonds. The van der Waals surface area contributed by atoms with Crippen LogP contribution < -0.4 is 5.32 Å². The second kappa shape index (κ2) is 5.97. The van der Waals surface area contributed by atoms with Crippen molar-refractivity contribution in [3.63, 3.8) is 0 Å². The third-order valence-electron chi connectivity index (χ3n) is 2.39. The highest BCUT2D eigenvalue weighted by Crippen LogP contribution is 2.10. The highest BCUT2D eigenvalue weighted by Gasteiger charge is 2.20. The molecule has 0 saturated heterocycles. The van der Waals surface area contributed by atoms with Crippen LogP contribution in [0.1, 0.15) is 16.1 Å². The third-order valence-corrected chi connectivity index (χ3v) is 2.99. The summed E-state index contributed by atoms with van der Waals surface area (Å²) in [4.78, 5) is 12.0. The average Bonchev–Trinajstić information content (AvgIpc) is 2.92. The van der Waals surface area contributed by atoms with E-state index >= 15 is 0 Å². The van der Waals surface area contributed by atoms with E-state index in [0.717, 1.165) is 0 Å². The molecule has 0 aliphatic rings. The lowest BCUT2D eigenvalue weighted by atomic mass is 10.2. The first-order valence-corrected chi connectivity index (χ1v) is 6.19. The third kappa shape index (κ3) is 3.41. The van der Waals surface area contributed by atoms with Gasteiger partial charge >= 0.3 is 0 Å². The first-order chi connectivity index (χ1) is 9.08. The van der Waals surface area contributed by atoms with E-state index in [0.29, 0.717) is 10.6 Å². The molecule has 0 aliphatic carbocycles. The molecule has 2 N–H and O–H groups in total. The lowest BCUT2D eigenvalue weighted by Gasteiger charge is -2.12. The normalized spacial score (nSPS) is 11.9. The van der Waals surface area contributed by atoms with Crippen molar-refractivity contribution in [3.8, 4) is 0 Å². The Hall–Kier alpha value is -1.69. The molecule has 1 heterocycles. The molecule has 19 heavy (non-hydrogen) atoms. The first kappa shape index (κ1) is 13.7. The van der Waals surface area contributed by atoms with Gasteiger partial charge in [-0.05, 0) is 24.3 Å². The fourth-order valence-electron chi connectivity index (χ4n) is 1.43. The summed E-state index contributed by atoms with van der Waals surface area (Å²) in [5, 5.41) is 12.9. The van der Waals surface area contributed by atoms with Crippen molar-refractivity contribution in [2.45, 2.75) is 6.23 Å². The number of carbonyl (C=O) groups excluding carboxylic acids is 1. The Bertz CT molecular complexity index is 580. The van der Waals surface area contributed by atoms with Gasteiger partial charge < -0.3 is 14.8 Å². The Morgan fingerprint density at radius 1 is 1.32 bits per heavy atom. The van der Waals surface area contributed by atoms with Gasteiger partial charge in [0.1, 0.15) is 4.99 Å². The number of rotatable bonds is 4. The van der Waals surface area contributed by atoms with Gasteiger partial charge in [-0.1, -0.05) is 36.0 Å². The van der Waals surface area contributed by atoms with Crippen LogP contribution >= 0.6 is 23.8 Å². The number of thiocarbonyl (C=S) groups is 1. The molecule has 98 valence electrons. The first-order valence-electron chi connectivity index (χ1n) is 5.40. The van der Waals surface area contributed by atoms with Crippen molar-refractivity contribution in [2.24, 2.45) is 0 Å². The van der Waals surface area contributed by atoms with Crippen molar-refractivity contribution >= 4 is 34.6 Å². The topological polar surface area (TPSA) is 62.5 Å². The van der Waals surface area contributed by atoms with E-state index in [1.807, 2.05) is 0 Å². The summed E-state index contributed by atoms with van der Waals surface area (Å²) in [6.07, 6.45) is -0.0911. The van der Waals surface area contributed by atoms with Crippen molar-refractivity contribution in [2.75, 3.05) is 0 Å². The summed E-state index contributed by atoms with van der Waals surface area (Å²) in [5.41, 5.74) is 0.658. The minimum absolute atomic E-state index is 0.0684. The lowest BCUT2D eigenvalue weighted by molar-refractivity contribution is 0.0691. The summed E-state index contributed by atoms with van der Waals surface area (Å²) in [6, 6.07) is 9.77. The van der Waals surface area contributed by atoms with Crippen molar-refractivity contribution < 1.29 is 14.3 Å². The van der Waals surface area contributed by atoms with Crippen LogP contribution in [0, 0.1) is 0 Å². The Labute approximate surface area is 120 Å². The number of ketones is 1. The number of hydrogen-bond donors (Lipinski definition) is 2. The van der Waals surface area contributed by atoms with Gasteiger partial charge in [-0.15, -0.1) is 0 Å². The number of benzene rings is 1. The molecule has 0 spiro atoms. The molecular weight excluding hydrogens is 286 g/mol. The van der Waals surface area contributed by atoms with Crippen LogP contribution in [0.15, 0.2) is 47.1 Å². The summed E-state index contributed by atoms with van der Waals surface area (Å²) in [7, 11) is 0. The number of nitrogens with one attached hydrogen (secondary N) is 1. The summed E-state index contributed by atoms with van der Waals surface area (Å²) < 4.78 is 4.91. The van der Waals surface area contributed by atoms with E-state index < -0.39 is 12.0 Å². The number of halogens is 1. The quantitative estimate of drug-likeness (QED) is 0.515. The molecule has 0 aliphatic heterocycles. The Kier molecular flexibility index (Phi) is 4.31. The zero-order valence-electron chi connectivity index (χ0n) is 9.67. The van der Waals surface area contributed by atoms with Gasteiger partial charge in [0.25, 0.3) is 0 Å². The average molecular weight is 296 g/mol. The second-order valence-corrected chi connectivity index (χ2v) is 4.57. The van der Waals surface area contributed by atoms with Crippen LogP contribution in [0.5, 0.6) is 0 Å². The fourth-order valence-corrected chi connectivity index (χ4v) is 1.80. The maximum Gasteiger partial charge on any atom is 0.246 e. The molecule has 2 aromatic rings. The number of carbonyl (C=O) groups is 1. The number of aliphatic hydroxyl groups excluding tert-OH is 1. The predicted molar refractivity (Wildman–Crippen MR) is 75.3 cm³/mol. The molecule has 1 atom stereocenters. The van der Waals surface area contributed by atoms with Gasteiger partial charge in [-0.3, -0.25) is 4.79 Å². The molecular formula is C13H10ClNO3S. The van der Waals surface area contributed by atoms with E-state index in [9.17, 15) is 9.90 Å². The van der Waals surface area contributed by atoms with Gasteiger partial charge in [-0.2, -0.15) is 0 Å². The minimum Gasteiger partial charge on any atom is -0.461 e. The monoisotopic (exact) mass is 295 g/mol. The molecule has 1 unspecified atom stereocenters. The molecule has 0 saturated carbocycles. The van der Waals surface area contributed by atoms with E-state index in [-0.39, 0.29) is 10.7 Å². The van der Waals surface area contributed by atoms with E-state index in [4.69, 9.17) is 28.2 Å². The summed E-state index contributed by atoms with van der Waals surface area (Å²) in [6.45, 7) is 0. The van der Waals surface area contributed by atoms with Crippen LogP contribution in [0.4, 0.5) is 0 Å². The zero-order chi connectivity index (χ0) is 13.8. The Morgan fingerprint density at radius 3 is 2.58 bits per heavy atom. The van der Waals surface area contributed by atoms with Gasteiger partial charge in [-0.25, -0.2) is 0 Å². The molecule has 4 nitrogen and oxygen atoms in total. The molecule has 6 heteroatoms. The van der Waals surface area contributed by atoms with Gasteiger partial charge in [0.2, 0.25) is 5.78 Å². The Morgan fingerprint density at radius 2 is 2.00 bits per heavy atom. The maximum atomic E-state index is 11.7. The molecule has 0 radical (unpaired) electrons. The number of furan rings is 1. The molecule has 2 rings (SSSR count). The number of Topliss-reactive ketones (excluding diaryl/α,β-unsaturated/α-hetero) is 1. The number of aliphatic hydroxyl groups is 1. The van der Waals surface area contributed by atoms with Gasteiger partial charge in [0.05, 0.1) is 6.26 Å². The summed E-state index contributed by atoms with van der Waals surface area (Å²) >= 11 is 10.9. The highest BCUT2D eigenvalue weighted by molar-refractivity contribution is 7.80. The lowest BCUT2D eigenvalue weighted by Crippen LogP contribution is -2.40. The van der Waals surface area contributed by atoms with Crippen LogP contribution in [-0.4, -0.2) is 22.1 Å². The molecule has 0 fully saturated rings. The second-order valence-electron chi connectivity index (χ2n) is 3.72. The molecule has 1 aromatic heterocycles. The standard InChI is InChI=1S/C13H10ClNO3S/c14-9-5-3-8(4-6-9)13(19)15-12(17)11(16)10-2-1-7-18-10/h1-7,12,17H,(H,15,19). The molecule has 1 aromatic carbocycles. The van der Waals surface area contributed by atoms with Gasteiger partial charge in [0.15, 0.2) is 12.0 Å². The predicted octanol–water partition coefficient (Wildman–Crippen LogP) is 2.40. The largest absolute Gasteiger partial charge is 0.461 e. The SMILES string of the molecule is O=C(c1ccco1)C(O)NC(=S)c1ccc(Cl)cc1. The van der Waals surface area contributed by atoms with Crippen molar-refractivity contribution in [1.82, 2.24) is 5.32 Å². The van der Waals surface area contributed by atoms with Crippen LogP contribution in [0.25, 0.3) is 0 Å². The van der Waals surface area contributed by atoms with Gasteiger partial charge in [0, 0.05) is 10.6 Å². The Balaban J connectivity index is 2.02. The van der Waals surface area contributed by atoms with Crippen molar-refractivity contribution in [1.29, 1.82) is 0 Å². The zero-order valence-corrected chi connectivity index (χ0v) is 11.2.